The van der Waals surface area contributed by atoms with Crippen molar-refractivity contribution in [1.82, 2.24) is 4.98 Å². The van der Waals surface area contributed by atoms with E-state index in [1.807, 2.05) is 24.4 Å². The predicted molar refractivity (Wildman–Crippen MR) is 192 cm³/mol. The first-order valence-corrected chi connectivity index (χ1v) is 15.5. The van der Waals surface area contributed by atoms with Gasteiger partial charge in [-0.3, -0.25) is 4.98 Å². The quantitative estimate of drug-likeness (QED) is 0.200. The van der Waals surface area contributed by atoms with Gasteiger partial charge in [0.05, 0.1) is 16.6 Å². The zero-order valence-electron chi connectivity index (χ0n) is 25.0. The molecule has 0 fully saturated rings. The van der Waals surface area contributed by atoms with Crippen LogP contribution in [0.1, 0.15) is 0 Å². The average molecular weight is 589 g/mol. The Hall–Kier alpha value is -6.19. The predicted octanol–water partition coefficient (Wildman–Crippen LogP) is 12.1. The SMILES string of the molecule is c1ccc(-c2ccc(N(c3ccc(-c4cccc5ccccc45)cc3)c3cccc4ncc5c6ccccc6oc5c34)cc2)cc1. The first-order valence-electron chi connectivity index (χ1n) is 15.5. The fourth-order valence-corrected chi connectivity index (χ4v) is 6.70. The fourth-order valence-electron chi connectivity index (χ4n) is 6.70. The van der Waals surface area contributed by atoms with Gasteiger partial charge in [-0.05, 0) is 75.5 Å². The van der Waals surface area contributed by atoms with Gasteiger partial charge < -0.3 is 9.32 Å². The van der Waals surface area contributed by atoms with Crippen molar-refractivity contribution in [2.24, 2.45) is 0 Å². The Bertz CT molecular complexity index is 2510. The zero-order chi connectivity index (χ0) is 30.5. The fraction of sp³-hybridized carbons (Fsp3) is 0. The molecule has 0 atom stereocenters. The first kappa shape index (κ1) is 26.2. The van der Waals surface area contributed by atoms with Crippen molar-refractivity contribution >= 4 is 60.7 Å². The monoisotopic (exact) mass is 588 g/mol. The number of anilines is 3. The van der Waals surface area contributed by atoms with Crippen molar-refractivity contribution in [2.75, 3.05) is 4.90 Å². The number of rotatable bonds is 5. The molecule has 9 aromatic rings. The van der Waals surface area contributed by atoms with E-state index in [1.165, 1.54) is 33.0 Å². The molecule has 2 aromatic heterocycles. The van der Waals surface area contributed by atoms with Gasteiger partial charge in [-0.2, -0.15) is 0 Å². The van der Waals surface area contributed by atoms with Gasteiger partial charge in [0.15, 0.2) is 0 Å². The summed E-state index contributed by atoms with van der Waals surface area (Å²) in [6, 6.07) is 57.7. The summed E-state index contributed by atoms with van der Waals surface area (Å²) in [4.78, 5) is 7.23. The summed E-state index contributed by atoms with van der Waals surface area (Å²) < 4.78 is 6.56. The van der Waals surface area contributed by atoms with Crippen LogP contribution in [0.2, 0.25) is 0 Å². The molecule has 7 aromatic carbocycles. The second-order valence-electron chi connectivity index (χ2n) is 11.6. The Kier molecular flexibility index (Phi) is 6.14. The van der Waals surface area contributed by atoms with Crippen molar-refractivity contribution in [3.05, 3.63) is 170 Å². The van der Waals surface area contributed by atoms with Gasteiger partial charge >= 0.3 is 0 Å². The van der Waals surface area contributed by atoms with E-state index in [0.29, 0.717) is 0 Å². The molecule has 0 amide bonds. The van der Waals surface area contributed by atoms with Crippen LogP contribution in [0.25, 0.3) is 65.9 Å². The average Bonchev–Trinajstić information content (AvgIpc) is 3.52. The van der Waals surface area contributed by atoms with Crippen LogP contribution in [0.3, 0.4) is 0 Å². The topological polar surface area (TPSA) is 29.3 Å². The van der Waals surface area contributed by atoms with Crippen molar-refractivity contribution in [1.29, 1.82) is 0 Å². The van der Waals surface area contributed by atoms with E-state index in [4.69, 9.17) is 9.40 Å². The number of para-hydroxylation sites is 1. The Labute approximate surface area is 266 Å². The molecule has 216 valence electrons. The summed E-state index contributed by atoms with van der Waals surface area (Å²) >= 11 is 0. The van der Waals surface area contributed by atoms with Crippen molar-refractivity contribution in [3.8, 4) is 22.3 Å². The molecule has 0 bridgehead atoms. The van der Waals surface area contributed by atoms with Crippen molar-refractivity contribution < 1.29 is 4.42 Å². The van der Waals surface area contributed by atoms with Crippen LogP contribution in [0.4, 0.5) is 17.1 Å². The summed E-state index contributed by atoms with van der Waals surface area (Å²) in [5.41, 5.74) is 10.5. The lowest BCUT2D eigenvalue weighted by Gasteiger charge is -2.27. The van der Waals surface area contributed by atoms with E-state index < -0.39 is 0 Å². The first-order chi connectivity index (χ1) is 22.8. The van der Waals surface area contributed by atoms with Gasteiger partial charge in [-0.25, -0.2) is 0 Å². The third kappa shape index (κ3) is 4.33. The zero-order valence-corrected chi connectivity index (χ0v) is 25.0. The molecular formula is C43H28N2O. The molecule has 0 unspecified atom stereocenters. The van der Waals surface area contributed by atoms with Crippen LogP contribution in [-0.2, 0) is 0 Å². The summed E-state index contributed by atoms with van der Waals surface area (Å²) in [6.07, 6.45) is 1.94. The maximum Gasteiger partial charge on any atom is 0.148 e. The second kappa shape index (κ2) is 10.8. The highest BCUT2D eigenvalue weighted by Gasteiger charge is 2.20. The van der Waals surface area contributed by atoms with E-state index in [1.54, 1.807) is 0 Å². The number of benzene rings is 7. The minimum Gasteiger partial charge on any atom is -0.455 e. The van der Waals surface area contributed by atoms with E-state index in [2.05, 4.69) is 150 Å². The number of pyridine rings is 1. The molecule has 0 saturated carbocycles. The summed E-state index contributed by atoms with van der Waals surface area (Å²) in [5.74, 6) is 0. The van der Waals surface area contributed by atoms with Gasteiger partial charge in [0.2, 0.25) is 0 Å². The third-order valence-corrected chi connectivity index (χ3v) is 8.91. The lowest BCUT2D eigenvalue weighted by atomic mass is 9.98. The molecule has 3 heteroatoms. The summed E-state index contributed by atoms with van der Waals surface area (Å²) in [7, 11) is 0. The van der Waals surface area contributed by atoms with Gasteiger partial charge in [0, 0.05) is 28.3 Å². The number of hydrogen-bond acceptors (Lipinski definition) is 3. The van der Waals surface area contributed by atoms with E-state index in [-0.39, 0.29) is 0 Å². The second-order valence-corrected chi connectivity index (χ2v) is 11.6. The largest absolute Gasteiger partial charge is 0.455 e. The van der Waals surface area contributed by atoms with Crippen LogP contribution in [0.15, 0.2) is 174 Å². The molecule has 2 heterocycles. The lowest BCUT2D eigenvalue weighted by molar-refractivity contribution is 0.672. The highest BCUT2D eigenvalue weighted by molar-refractivity contribution is 6.18. The smallest absolute Gasteiger partial charge is 0.148 e. The lowest BCUT2D eigenvalue weighted by Crippen LogP contribution is -2.10. The Balaban J connectivity index is 1.25. The summed E-state index contributed by atoms with van der Waals surface area (Å²) in [5, 5.41) is 5.56. The molecule has 0 N–H and O–H groups in total. The van der Waals surface area contributed by atoms with Crippen LogP contribution in [0.5, 0.6) is 0 Å². The Morgan fingerprint density at radius 2 is 1.09 bits per heavy atom. The summed E-state index contributed by atoms with van der Waals surface area (Å²) in [6.45, 7) is 0. The maximum atomic E-state index is 6.56. The minimum absolute atomic E-state index is 0.847. The molecule has 3 nitrogen and oxygen atoms in total. The molecule has 0 radical (unpaired) electrons. The highest BCUT2D eigenvalue weighted by atomic mass is 16.3. The number of aromatic nitrogens is 1. The maximum absolute atomic E-state index is 6.56. The van der Waals surface area contributed by atoms with Crippen LogP contribution in [-0.4, -0.2) is 4.98 Å². The van der Waals surface area contributed by atoms with E-state index in [0.717, 1.165) is 49.9 Å². The minimum atomic E-state index is 0.847. The van der Waals surface area contributed by atoms with E-state index >= 15 is 0 Å². The van der Waals surface area contributed by atoms with Gasteiger partial charge in [-0.1, -0.05) is 121 Å². The van der Waals surface area contributed by atoms with Gasteiger partial charge in [-0.15, -0.1) is 0 Å². The molecule has 9 rings (SSSR count). The number of nitrogens with zero attached hydrogens (tertiary/aromatic N) is 2. The molecule has 0 spiro atoms. The molecule has 46 heavy (non-hydrogen) atoms. The number of fused-ring (bicyclic) bond motifs is 6. The van der Waals surface area contributed by atoms with E-state index in [9.17, 15) is 0 Å². The van der Waals surface area contributed by atoms with Crippen LogP contribution >= 0.6 is 0 Å². The Morgan fingerprint density at radius 1 is 0.457 bits per heavy atom. The van der Waals surface area contributed by atoms with Gasteiger partial charge in [0.1, 0.15) is 11.2 Å². The van der Waals surface area contributed by atoms with Crippen molar-refractivity contribution in [3.63, 3.8) is 0 Å². The van der Waals surface area contributed by atoms with Crippen LogP contribution < -0.4 is 4.90 Å². The number of hydrogen-bond donors (Lipinski definition) is 0. The normalized spacial score (nSPS) is 11.5. The highest BCUT2D eigenvalue weighted by Crippen LogP contribution is 2.44. The van der Waals surface area contributed by atoms with Crippen molar-refractivity contribution in [2.45, 2.75) is 0 Å². The third-order valence-electron chi connectivity index (χ3n) is 8.91. The molecule has 0 saturated heterocycles. The standard InChI is InChI=1S/C43H28N2O/c1-2-10-29(11-3-1)30-20-24-33(25-21-30)45(34-26-22-32(23-27-34)36-16-8-13-31-12-4-5-14-35(31)36)40-18-9-17-39-42(40)43-38(28-44-39)37-15-6-7-19-41(37)46-43/h1-28H. The van der Waals surface area contributed by atoms with Gasteiger partial charge in [0.25, 0.3) is 0 Å². The Morgan fingerprint density at radius 3 is 1.89 bits per heavy atom. The number of furan rings is 1. The molecule has 0 aliphatic rings. The van der Waals surface area contributed by atoms with Crippen LogP contribution in [0, 0.1) is 0 Å². The molecule has 0 aliphatic heterocycles. The molecule has 0 aliphatic carbocycles. The molecular weight excluding hydrogens is 560 g/mol.